The number of sulfone groups is 1. The van der Waals surface area contributed by atoms with Gasteiger partial charge in [-0.25, -0.2) is 13.2 Å². The lowest BCUT2D eigenvalue weighted by Crippen LogP contribution is -2.46. The van der Waals surface area contributed by atoms with Crippen molar-refractivity contribution in [1.82, 2.24) is 9.80 Å². The van der Waals surface area contributed by atoms with E-state index in [1.807, 2.05) is 19.0 Å². The average Bonchev–Trinajstić information content (AvgIpc) is 2.86. The maximum absolute atomic E-state index is 12.6. The van der Waals surface area contributed by atoms with Crippen molar-refractivity contribution in [3.63, 3.8) is 0 Å². The van der Waals surface area contributed by atoms with Crippen LogP contribution in [-0.4, -0.2) is 69.0 Å². The summed E-state index contributed by atoms with van der Waals surface area (Å²) < 4.78 is 61.3. The number of anilines is 1. The van der Waals surface area contributed by atoms with E-state index < -0.39 is 33.6 Å². The molecule has 1 unspecified atom stereocenters. The van der Waals surface area contributed by atoms with Gasteiger partial charge in [-0.05, 0) is 44.8 Å². The van der Waals surface area contributed by atoms with Crippen LogP contribution in [0.2, 0.25) is 0 Å². The van der Waals surface area contributed by atoms with Gasteiger partial charge in [-0.2, -0.15) is 13.2 Å². The lowest BCUT2D eigenvalue weighted by atomic mass is 10.2. The number of hydrogen-bond donors (Lipinski definition) is 1. The quantitative estimate of drug-likeness (QED) is 0.833. The van der Waals surface area contributed by atoms with Crippen molar-refractivity contribution in [1.29, 1.82) is 0 Å². The summed E-state index contributed by atoms with van der Waals surface area (Å²) in [6.07, 6.45) is -4.09. The molecular formula is C16H22F3N3O3S. The molecular weight excluding hydrogens is 371 g/mol. The fourth-order valence-electron chi connectivity index (χ4n) is 2.72. The molecule has 1 aromatic rings. The van der Waals surface area contributed by atoms with Crippen molar-refractivity contribution in [2.75, 3.05) is 44.0 Å². The number of benzene rings is 1. The van der Waals surface area contributed by atoms with E-state index in [0.29, 0.717) is 19.5 Å². The molecule has 0 bridgehead atoms. The van der Waals surface area contributed by atoms with Gasteiger partial charge in [-0.15, -0.1) is 0 Å². The van der Waals surface area contributed by atoms with Gasteiger partial charge in [-0.1, -0.05) is 0 Å². The van der Waals surface area contributed by atoms with Gasteiger partial charge in [0, 0.05) is 24.8 Å². The third kappa shape index (κ3) is 5.60. The van der Waals surface area contributed by atoms with Gasteiger partial charge in [0.05, 0.1) is 17.1 Å². The standard InChI is InChI=1S/C16H22F3N3O3S/c1-21(2)8-9-22(14-7-10-26(24,25)11-14)15(23)20-13-5-3-12(4-6-13)16(17,18)19/h3-6,14H,7-11H2,1-2H3,(H,20,23). The van der Waals surface area contributed by atoms with Crippen LogP contribution in [0.15, 0.2) is 24.3 Å². The van der Waals surface area contributed by atoms with Crippen molar-refractivity contribution in [2.45, 2.75) is 18.6 Å². The molecule has 0 spiro atoms. The van der Waals surface area contributed by atoms with E-state index in [9.17, 15) is 26.4 Å². The number of amides is 2. The maximum Gasteiger partial charge on any atom is 0.416 e. The van der Waals surface area contributed by atoms with E-state index in [4.69, 9.17) is 0 Å². The Morgan fingerprint density at radius 1 is 1.19 bits per heavy atom. The summed E-state index contributed by atoms with van der Waals surface area (Å²) in [5, 5.41) is 2.55. The van der Waals surface area contributed by atoms with Crippen LogP contribution in [0.5, 0.6) is 0 Å². The average molecular weight is 393 g/mol. The molecule has 1 N–H and O–H groups in total. The molecule has 1 atom stereocenters. The summed E-state index contributed by atoms with van der Waals surface area (Å²) in [7, 11) is 0.494. The number of nitrogens with one attached hydrogen (secondary N) is 1. The van der Waals surface area contributed by atoms with E-state index in [0.717, 1.165) is 12.1 Å². The Labute approximate surface area is 150 Å². The van der Waals surface area contributed by atoms with Gasteiger partial charge in [0.25, 0.3) is 0 Å². The molecule has 0 aliphatic carbocycles. The Morgan fingerprint density at radius 2 is 1.81 bits per heavy atom. The second kappa shape index (κ2) is 7.83. The van der Waals surface area contributed by atoms with Crippen LogP contribution in [0.1, 0.15) is 12.0 Å². The molecule has 1 heterocycles. The Bertz CT molecular complexity index is 733. The maximum atomic E-state index is 12.6. The predicted octanol–water partition coefficient (Wildman–Crippen LogP) is 2.29. The smallest absolute Gasteiger partial charge is 0.319 e. The second-order valence-corrected chi connectivity index (χ2v) is 8.79. The lowest BCUT2D eigenvalue weighted by Gasteiger charge is -2.29. The van der Waals surface area contributed by atoms with Gasteiger partial charge in [0.2, 0.25) is 0 Å². The topological polar surface area (TPSA) is 69.7 Å². The molecule has 2 rings (SSSR count). The molecule has 1 aliphatic heterocycles. The zero-order valence-corrected chi connectivity index (χ0v) is 15.4. The van der Waals surface area contributed by atoms with E-state index in [2.05, 4.69) is 5.32 Å². The number of alkyl halides is 3. The highest BCUT2D eigenvalue weighted by molar-refractivity contribution is 7.91. The van der Waals surface area contributed by atoms with E-state index in [1.54, 1.807) is 0 Å². The lowest BCUT2D eigenvalue weighted by molar-refractivity contribution is -0.137. The number of halogens is 3. The zero-order chi connectivity index (χ0) is 19.5. The molecule has 6 nitrogen and oxygen atoms in total. The number of rotatable bonds is 5. The third-order valence-electron chi connectivity index (χ3n) is 4.16. The monoisotopic (exact) mass is 393 g/mol. The molecule has 1 aliphatic rings. The van der Waals surface area contributed by atoms with Crippen molar-refractivity contribution in [3.05, 3.63) is 29.8 Å². The molecule has 10 heteroatoms. The summed E-state index contributed by atoms with van der Waals surface area (Å²) >= 11 is 0. The summed E-state index contributed by atoms with van der Waals surface area (Å²) in [5.74, 6) is -0.0649. The normalized spacial score (nSPS) is 19.5. The second-order valence-electron chi connectivity index (χ2n) is 6.56. The van der Waals surface area contributed by atoms with Crippen molar-refractivity contribution < 1.29 is 26.4 Å². The van der Waals surface area contributed by atoms with Crippen molar-refractivity contribution in [2.24, 2.45) is 0 Å². The van der Waals surface area contributed by atoms with Crippen LogP contribution in [0, 0.1) is 0 Å². The Kier molecular flexibility index (Phi) is 6.17. The highest BCUT2D eigenvalue weighted by Gasteiger charge is 2.35. The molecule has 2 amide bonds. The van der Waals surface area contributed by atoms with E-state index in [-0.39, 0.29) is 17.2 Å². The Hall–Kier alpha value is -1.81. The summed E-state index contributed by atoms with van der Waals surface area (Å²) in [6, 6.07) is 3.18. The van der Waals surface area contributed by atoms with Gasteiger partial charge in [0.1, 0.15) is 0 Å². The minimum atomic E-state index is -4.45. The zero-order valence-electron chi connectivity index (χ0n) is 14.6. The minimum Gasteiger partial charge on any atom is -0.319 e. The number of urea groups is 1. The van der Waals surface area contributed by atoms with Gasteiger partial charge in [0.15, 0.2) is 9.84 Å². The molecule has 26 heavy (non-hydrogen) atoms. The SMILES string of the molecule is CN(C)CCN(C(=O)Nc1ccc(C(F)(F)F)cc1)C1CCS(=O)(=O)C1. The number of carbonyl (C=O) groups excluding carboxylic acids is 1. The molecule has 1 fully saturated rings. The van der Waals surface area contributed by atoms with Crippen LogP contribution in [-0.2, 0) is 16.0 Å². The number of likely N-dealkylation sites (N-methyl/N-ethyl adjacent to an activating group) is 1. The highest BCUT2D eigenvalue weighted by atomic mass is 32.2. The minimum absolute atomic E-state index is 0.0314. The Balaban J connectivity index is 2.10. The van der Waals surface area contributed by atoms with Crippen LogP contribution in [0.3, 0.4) is 0 Å². The summed E-state index contributed by atoms with van der Waals surface area (Å²) in [5.41, 5.74) is -0.583. The molecule has 1 saturated heterocycles. The highest BCUT2D eigenvalue weighted by Crippen LogP contribution is 2.30. The first-order valence-electron chi connectivity index (χ1n) is 8.08. The number of nitrogens with zero attached hydrogens (tertiary/aromatic N) is 2. The van der Waals surface area contributed by atoms with Gasteiger partial charge < -0.3 is 15.1 Å². The summed E-state index contributed by atoms with van der Waals surface area (Å²) in [6.45, 7) is 0.858. The van der Waals surface area contributed by atoms with Crippen LogP contribution in [0.4, 0.5) is 23.7 Å². The number of carbonyl (C=O) groups is 1. The van der Waals surface area contributed by atoms with Gasteiger partial charge in [-0.3, -0.25) is 0 Å². The predicted molar refractivity (Wildman–Crippen MR) is 92.8 cm³/mol. The Morgan fingerprint density at radius 3 is 2.27 bits per heavy atom. The molecule has 146 valence electrons. The van der Waals surface area contributed by atoms with E-state index >= 15 is 0 Å². The third-order valence-corrected chi connectivity index (χ3v) is 5.91. The van der Waals surface area contributed by atoms with Crippen LogP contribution in [0.25, 0.3) is 0 Å². The van der Waals surface area contributed by atoms with E-state index in [1.165, 1.54) is 17.0 Å². The van der Waals surface area contributed by atoms with Crippen molar-refractivity contribution in [3.8, 4) is 0 Å². The fraction of sp³-hybridized carbons (Fsp3) is 0.562. The molecule has 0 saturated carbocycles. The molecule has 0 radical (unpaired) electrons. The van der Waals surface area contributed by atoms with Crippen molar-refractivity contribution >= 4 is 21.6 Å². The largest absolute Gasteiger partial charge is 0.416 e. The van der Waals surface area contributed by atoms with Crippen LogP contribution < -0.4 is 5.32 Å². The first kappa shape index (κ1) is 20.5. The van der Waals surface area contributed by atoms with Gasteiger partial charge >= 0.3 is 12.2 Å². The van der Waals surface area contributed by atoms with Crippen LogP contribution >= 0.6 is 0 Å². The first-order chi connectivity index (χ1) is 12.0. The number of hydrogen-bond acceptors (Lipinski definition) is 4. The molecule has 1 aromatic carbocycles. The summed E-state index contributed by atoms with van der Waals surface area (Å²) in [4.78, 5) is 15.9. The first-order valence-corrected chi connectivity index (χ1v) is 9.90. The molecule has 0 aromatic heterocycles. The fourth-order valence-corrected chi connectivity index (χ4v) is 4.45.